The summed E-state index contributed by atoms with van der Waals surface area (Å²) in [5.74, 6) is -1.13. The second-order valence-electron chi connectivity index (χ2n) is 6.48. The second kappa shape index (κ2) is 9.08. The fourth-order valence-electron chi connectivity index (χ4n) is 3.08. The quantitative estimate of drug-likeness (QED) is 0.506. The number of rotatable bonds is 3. The number of nitrogens with two attached hydrogens (primary N) is 1. The third-order valence-corrected chi connectivity index (χ3v) is 4.55. The zero-order chi connectivity index (χ0) is 20.8. The fraction of sp³-hybridized carbons (Fsp3) is 0.0833. The number of benzene rings is 3. The summed E-state index contributed by atoms with van der Waals surface area (Å²) in [6.07, 6.45) is 0. The van der Waals surface area contributed by atoms with Gasteiger partial charge in [0.25, 0.3) is 0 Å². The monoisotopic (exact) mass is 388 g/mol. The molecule has 3 aromatic carbocycles. The summed E-state index contributed by atoms with van der Waals surface area (Å²) in [4.78, 5) is 16.2. The number of carbonyl (C=O) groups is 1. The predicted molar refractivity (Wildman–Crippen MR) is 113 cm³/mol. The first kappa shape index (κ1) is 20.2. The molecular formula is C24H21FN2O2. The molecule has 0 unspecified atom stereocenters. The fourth-order valence-corrected chi connectivity index (χ4v) is 3.08. The maximum absolute atomic E-state index is 12.2. The standard InChI is InChI=1S/C17H13NO2.C7H8FN/c1-11-15(17(19)20)13-9-5-6-10-14(13)18-16(11)12-7-3-2-4-8-12;8-7-3-1-6(5-9)2-4-7/h2-10H,1H3,(H,19,20);1-4H,5,9H2. The summed E-state index contributed by atoms with van der Waals surface area (Å²) in [6.45, 7) is 2.28. The van der Waals surface area contributed by atoms with Gasteiger partial charge in [-0.25, -0.2) is 14.2 Å². The smallest absolute Gasteiger partial charge is 0.336 e. The van der Waals surface area contributed by atoms with Crippen molar-refractivity contribution >= 4 is 16.9 Å². The molecule has 0 bridgehead atoms. The van der Waals surface area contributed by atoms with Gasteiger partial charge in [-0.3, -0.25) is 0 Å². The van der Waals surface area contributed by atoms with Crippen molar-refractivity contribution in [3.63, 3.8) is 0 Å². The van der Waals surface area contributed by atoms with Crippen LogP contribution in [0.5, 0.6) is 0 Å². The minimum absolute atomic E-state index is 0.216. The number of nitrogens with zero attached hydrogens (tertiary/aromatic N) is 1. The van der Waals surface area contributed by atoms with Gasteiger partial charge in [-0.15, -0.1) is 0 Å². The molecule has 0 radical (unpaired) electrons. The van der Waals surface area contributed by atoms with Crippen LogP contribution >= 0.6 is 0 Å². The number of aromatic carboxylic acids is 1. The molecule has 29 heavy (non-hydrogen) atoms. The number of pyridine rings is 1. The number of hydrogen-bond acceptors (Lipinski definition) is 3. The molecule has 0 aliphatic heterocycles. The molecule has 4 nitrogen and oxygen atoms in total. The van der Waals surface area contributed by atoms with E-state index in [1.807, 2.05) is 55.5 Å². The first-order valence-electron chi connectivity index (χ1n) is 9.14. The molecule has 0 atom stereocenters. The van der Waals surface area contributed by atoms with E-state index in [0.717, 1.165) is 16.8 Å². The molecule has 0 saturated carbocycles. The Bertz CT molecular complexity index is 1130. The van der Waals surface area contributed by atoms with Crippen LogP contribution in [-0.4, -0.2) is 16.1 Å². The number of para-hydroxylation sites is 1. The maximum Gasteiger partial charge on any atom is 0.336 e. The summed E-state index contributed by atoms with van der Waals surface area (Å²) >= 11 is 0. The van der Waals surface area contributed by atoms with Crippen molar-refractivity contribution in [1.29, 1.82) is 0 Å². The number of carboxylic acid groups (broad SMARTS) is 1. The van der Waals surface area contributed by atoms with Crippen LogP contribution in [0.2, 0.25) is 0 Å². The van der Waals surface area contributed by atoms with Crippen LogP contribution in [0, 0.1) is 12.7 Å². The van der Waals surface area contributed by atoms with E-state index in [2.05, 4.69) is 4.98 Å². The molecule has 0 amide bonds. The highest BCUT2D eigenvalue weighted by molar-refractivity contribution is 6.05. The van der Waals surface area contributed by atoms with Crippen molar-refractivity contribution in [2.75, 3.05) is 0 Å². The van der Waals surface area contributed by atoms with E-state index < -0.39 is 5.97 Å². The van der Waals surface area contributed by atoms with E-state index in [-0.39, 0.29) is 5.82 Å². The van der Waals surface area contributed by atoms with Crippen molar-refractivity contribution in [1.82, 2.24) is 4.98 Å². The van der Waals surface area contributed by atoms with Crippen LogP contribution in [0.15, 0.2) is 78.9 Å². The van der Waals surface area contributed by atoms with Gasteiger partial charge in [-0.1, -0.05) is 60.7 Å². The number of halogens is 1. The van der Waals surface area contributed by atoms with Crippen LogP contribution in [-0.2, 0) is 6.54 Å². The molecule has 0 saturated heterocycles. The van der Waals surface area contributed by atoms with Crippen molar-refractivity contribution in [2.24, 2.45) is 5.73 Å². The van der Waals surface area contributed by atoms with Gasteiger partial charge in [0.05, 0.1) is 16.8 Å². The molecule has 4 aromatic rings. The molecule has 5 heteroatoms. The van der Waals surface area contributed by atoms with Gasteiger partial charge in [0.15, 0.2) is 0 Å². The summed E-state index contributed by atoms with van der Waals surface area (Å²) < 4.78 is 12.2. The average molecular weight is 388 g/mol. The molecule has 4 rings (SSSR count). The van der Waals surface area contributed by atoms with Gasteiger partial charge in [0.1, 0.15) is 5.82 Å². The second-order valence-corrected chi connectivity index (χ2v) is 6.48. The minimum Gasteiger partial charge on any atom is -0.478 e. The number of carboxylic acids is 1. The Labute approximate surface area is 168 Å². The van der Waals surface area contributed by atoms with Gasteiger partial charge in [-0.05, 0) is 36.2 Å². The molecule has 1 heterocycles. The van der Waals surface area contributed by atoms with Crippen LogP contribution in [0.1, 0.15) is 21.5 Å². The molecule has 0 aliphatic carbocycles. The lowest BCUT2D eigenvalue weighted by Gasteiger charge is -2.11. The van der Waals surface area contributed by atoms with Crippen molar-refractivity contribution in [3.8, 4) is 11.3 Å². The third-order valence-electron chi connectivity index (χ3n) is 4.55. The lowest BCUT2D eigenvalue weighted by molar-refractivity contribution is 0.0698. The van der Waals surface area contributed by atoms with E-state index in [1.165, 1.54) is 12.1 Å². The molecule has 0 fully saturated rings. The predicted octanol–water partition coefficient (Wildman–Crippen LogP) is 5.19. The zero-order valence-corrected chi connectivity index (χ0v) is 16.0. The largest absolute Gasteiger partial charge is 0.478 e. The van der Waals surface area contributed by atoms with E-state index >= 15 is 0 Å². The lowest BCUT2D eigenvalue weighted by Crippen LogP contribution is -2.04. The van der Waals surface area contributed by atoms with E-state index in [4.69, 9.17) is 5.73 Å². The SMILES string of the molecule is Cc1c(-c2ccccc2)nc2ccccc2c1C(=O)O.NCc1ccc(F)cc1. The van der Waals surface area contributed by atoms with Crippen LogP contribution in [0.3, 0.4) is 0 Å². The number of aromatic nitrogens is 1. The molecule has 0 spiro atoms. The van der Waals surface area contributed by atoms with Crippen molar-refractivity contribution in [2.45, 2.75) is 13.5 Å². The van der Waals surface area contributed by atoms with Crippen LogP contribution in [0.25, 0.3) is 22.2 Å². The van der Waals surface area contributed by atoms with Gasteiger partial charge in [0, 0.05) is 17.5 Å². The highest BCUT2D eigenvalue weighted by Crippen LogP contribution is 2.29. The molecule has 3 N–H and O–H groups in total. The van der Waals surface area contributed by atoms with Gasteiger partial charge in [-0.2, -0.15) is 0 Å². The van der Waals surface area contributed by atoms with Crippen molar-refractivity contribution in [3.05, 3.63) is 101 Å². The Morgan fingerprint density at radius 3 is 2.21 bits per heavy atom. The van der Waals surface area contributed by atoms with E-state index in [9.17, 15) is 14.3 Å². The first-order chi connectivity index (χ1) is 14.0. The average Bonchev–Trinajstić information content (AvgIpc) is 2.74. The Hall–Kier alpha value is -3.57. The van der Waals surface area contributed by atoms with Crippen molar-refractivity contribution < 1.29 is 14.3 Å². The Morgan fingerprint density at radius 2 is 1.59 bits per heavy atom. The highest BCUT2D eigenvalue weighted by Gasteiger charge is 2.17. The molecule has 1 aromatic heterocycles. The maximum atomic E-state index is 12.2. The molecule has 0 aliphatic rings. The number of hydrogen-bond donors (Lipinski definition) is 2. The van der Waals surface area contributed by atoms with Crippen LogP contribution < -0.4 is 5.73 Å². The van der Waals surface area contributed by atoms with Gasteiger partial charge < -0.3 is 10.8 Å². The Balaban J connectivity index is 0.000000224. The van der Waals surface area contributed by atoms with E-state index in [1.54, 1.807) is 18.2 Å². The third kappa shape index (κ3) is 4.65. The zero-order valence-electron chi connectivity index (χ0n) is 16.0. The first-order valence-corrected chi connectivity index (χ1v) is 9.14. The van der Waals surface area contributed by atoms with Crippen LogP contribution in [0.4, 0.5) is 4.39 Å². The summed E-state index contributed by atoms with van der Waals surface area (Å²) in [5, 5.41) is 10.2. The highest BCUT2D eigenvalue weighted by atomic mass is 19.1. The lowest BCUT2D eigenvalue weighted by atomic mass is 9.98. The number of fused-ring (bicyclic) bond motifs is 1. The Morgan fingerprint density at radius 1 is 0.966 bits per heavy atom. The minimum atomic E-state index is -0.918. The van der Waals surface area contributed by atoms with E-state index in [0.29, 0.717) is 28.6 Å². The topological polar surface area (TPSA) is 76.2 Å². The summed E-state index contributed by atoms with van der Waals surface area (Å²) in [7, 11) is 0. The molecule has 146 valence electrons. The van der Waals surface area contributed by atoms with Gasteiger partial charge in [0.2, 0.25) is 0 Å². The summed E-state index contributed by atoms with van der Waals surface area (Å²) in [6, 6.07) is 23.2. The summed E-state index contributed by atoms with van der Waals surface area (Å²) in [5.41, 5.74) is 9.61. The Kier molecular flexibility index (Phi) is 6.32. The molecular weight excluding hydrogens is 367 g/mol. The normalized spacial score (nSPS) is 10.3. The van der Waals surface area contributed by atoms with Gasteiger partial charge >= 0.3 is 5.97 Å².